The Kier molecular flexibility index (Phi) is 3.58. The zero-order valence-electron chi connectivity index (χ0n) is 14.8. The smallest absolute Gasteiger partial charge is 0.252 e. The van der Waals surface area contributed by atoms with Crippen LogP contribution in [0.4, 0.5) is 5.69 Å². The van der Waals surface area contributed by atoms with Gasteiger partial charge in [-0.05, 0) is 56.1 Å². The minimum Gasteiger partial charge on any atom is -0.390 e. The molecular weight excluding hydrogens is 316 g/mol. The molecule has 4 N–H and O–H groups in total. The zero-order valence-corrected chi connectivity index (χ0v) is 14.8. The van der Waals surface area contributed by atoms with Crippen molar-refractivity contribution < 1.29 is 9.90 Å². The first-order valence-corrected chi connectivity index (χ1v) is 9.06. The topological polar surface area (TPSA) is 92.6 Å². The quantitative estimate of drug-likeness (QED) is 0.799. The molecule has 2 aromatic rings. The Morgan fingerprint density at radius 1 is 1.32 bits per heavy atom. The van der Waals surface area contributed by atoms with Crippen LogP contribution in [0.3, 0.4) is 0 Å². The van der Waals surface area contributed by atoms with Crippen LogP contribution in [0, 0.1) is 11.8 Å². The van der Waals surface area contributed by atoms with Gasteiger partial charge in [-0.1, -0.05) is 13.8 Å². The van der Waals surface area contributed by atoms with Gasteiger partial charge in [0, 0.05) is 11.7 Å². The molecule has 0 radical (unpaired) electrons. The molecule has 2 aromatic heterocycles. The molecule has 2 saturated carbocycles. The third-order valence-corrected chi connectivity index (χ3v) is 5.82. The number of nitrogens with two attached hydrogens (primary N) is 1. The van der Waals surface area contributed by atoms with E-state index in [0.29, 0.717) is 23.8 Å². The molecule has 2 fully saturated rings. The average molecular weight is 342 g/mol. The molecule has 134 valence electrons. The van der Waals surface area contributed by atoms with E-state index in [-0.39, 0.29) is 5.54 Å². The van der Waals surface area contributed by atoms with E-state index in [4.69, 9.17) is 5.73 Å². The molecule has 6 heteroatoms. The fourth-order valence-corrected chi connectivity index (χ4v) is 5.58. The first-order chi connectivity index (χ1) is 11.8. The summed E-state index contributed by atoms with van der Waals surface area (Å²) in [4.78, 5) is 12.0. The van der Waals surface area contributed by atoms with Gasteiger partial charge in [-0.15, -0.1) is 0 Å². The highest BCUT2D eigenvalue weighted by Gasteiger charge is 2.51. The molecule has 4 atom stereocenters. The Hall–Kier alpha value is -2.08. The first kappa shape index (κ1) is 16.4. The maximum absolute atomic E-state index is 12.0. The standard InChI is InChI=1S/C19H26N4O2/c1-12-6-18(7-13(2)9-19(25,8-12)11-18)22-16-14(17(20)24)10-21-23-5-3-4-15(16)23/h3-5,10,12-13,22,25H,6-9,11H2,1-2H3,(H2,20,24)/t12-,13+,18+,19?. The van der Waals surface area contributed by atoms with Crippen molar-refractivity contribution in [3.05, 3.63) is 30.1 Å². The molecule has 6 nitrogen and oxygen atoms in total. The summed E-state index contributed by atoms with van der Waals surface area (Å²) in [6, 6.07) is 3.84. The van der Waals surface area contributed by atoms with Crippen LogP contribution in [0.1, 0.15) is 56.3 Å². The largest absolute Gasteiger partial charge is 0.390 e. The molecule has 2 bridgehead atoms. The maximum Gasteiger partial charge on any atom is 0.252 e. The number of nitrogens with one attached hydrogen (secondary N) is 1. The van der Waals surface area contributed by atoms with Gasteiger partial charge in [-0.25, -0.2) is 4.52 Å². The molecule has 1 unspecified atom stereocenters. The van der Waals surface area contributed by atoms with Crippen molar-refractivity contribution in [2.75, 3.05) is 5.32 Å². The SMILES string of the molecule is C[C@@H]1CC2(O)C[C@H](C)C[C@](Nc3c(C(N)=O)cnn4cccc34)(C1)C2. The summed E-state index contributed by atoms with van der Waals surface area (Å²) < 4.78 is 1.75. The summed E-state index contributed by atoms with van der Waals surface area (Å²) in [7, 11) is 0. The molecule has 2 aliphatic carbocycles. The van der Waals surface area contributed by atoms with Crippen LogP contribution < -0.4 is 11.1 Å². The molecule has 25 heavy (non-hydrogen) atoms. The monoisotopic (exact) mass is 342 g/mol. The summed E-state index contributed by atoms with van der Waals surface area (Å²) >= 11 is 0. The maximum atomic E-state index is 12.0. The van der Waals surface area contributed by atoms with Gasteiger partial charge in [0.25, 0.3) is 5.91 Å². The van der Waals surface area contributed by atoms with Crippen molar-refractivity contribution in [1.29, 1.82) is 0 Å². The van der Waals surface area contributed by atoms with Crippen LogP contribution in [0.5, 0.6) is 0 Å². The van der Waals surface area contributed by atoms with Crippen LogP contribution in [-0.4, -0.2) is 31.8 Å². The number of rotatable bonds is 3. The number of hydrogen-bond donors (Lipinski definition) is 3. The number of aromatic nitrogens is 2. The van der Waals surface area contributed by atoms with Crippen molar-refractivity contribution in [3.8, 4) is 0 Å². The van der Waals surface area contributed by atoms with E-state index in [1.807, 2.05) is 18.3 Å². The van der Waals surface area contributed by atoms with Gasteiger partial charge < -0.3 is 16.2 Å². The number of fused-ring (bicyclic) bond motifs is 3. The van der Waals surface area contributed by atoms with E-state index in [9.17, 15) is 9.90 Å². The number of nitrogens with zero attached hydrogens (tertiary/aromatic N) is 2. The highest BCUT2D eigenvalue weighted by atomic mass is 16.3. The number of primary amides is 1. The zero-order chi connectivity index (χ0) is 17.8. The van der Waals surface area contributed by atoms with Gasteiger partial charge in [0.2, 0.25) is 0 Å². The Balaban J connectivity index is 1.81. The van der Waals surface area contributed by atoms with E-state index >= 15 is 0 Å². The molecule has 0 aliphatic heterocycles. The molecular formula is C19H26N4O2. The van der Waals surface area contributed by atoms with Gasteiger partial charge >= 0.3 is 0 Å². The number of hydrogen-bond acceptors (Lipinski definition) is 4. The Bertz CT molecular complexity index is 814. The first-order valence-electron chi connectivity index (χ1n) is 9.06. The minimum atomic E-state index is -0.624. The van der Waals surface area contributed by atoms with Crippen LogP contribution in [-0.2, 0) is 0 Å². The number of aliphatic hydroxyl groups is 1. The van der Waals surface area contributed by atoms with Gasteiger partial charge in [-0.3, -0.25) is 4.79 Å². The van der Waals surface area contributed by atoms with Crippen molar-refractivity contribution >= 4 is 17.1 Å². The number of anilines is 1. The molecule has 0 saturated heterocycles. The highest BCUT2D eigenvalue weighted by molar-refractivity contribution is 6.02. The summed E-state index contributed by atoms with van der Waals surface area (Å²) in [6.45, 7) is 4.40. The van der Waals surface area contributed by atoms with Crippen LogP contribution in [0.25, 0.3) is 5.52 Å². The lowest BCUT2D eigenvalue weighted by molar-refractivity contribution is -0.0838. The van der Waals surface area contributed by atoms with E-state index in [0.717, 1.165) is 36.9 Å². The Labute approximate surface area is 147 Å². The highest BCUT2D eigenvalue weighted by Crippen LogP contribution is 2.51. The summed E-state index contributed by atoms with van der Waals surface area (Å²) in [6.07, 6.45) is 7.74. The average Bonchev–Trinajstić information content (AvgIpc) is 2.92. The van der Waals surface area contributed by atoms with Crippen molar-refractivity contribution in [1.82, 2.24) is 9.61 Å². The van der Waals surface area contributed by atoms with Gasteiger partial charge in [-0.2, -0.15) is 5.10 Å². The second kappa shape index (κ2) is 5.46. The predicted molar refractivity (Wildman–Crippen MR) is 96.4 cm³/mol. The van der Waals surface area contributed by atoms with E-state index in [2.05, 4.69) is 24.3 Å². The lowest BCUT2D eigenvalue weighted by Gasteiger charge is -2.54. The molecule has 0 aromatic carbocycles. The normalized spacial score (nSPS) is 34.8. The fraction of sp³-hybridized carbons (Fsp3) is 0.579. The second-order valence-corrected chi connectivity index (χ2v) is 8.47. The minimum absolute atomic E-state index is 0.222. The third-order valence-electron chi connectivity index (χ3n) is 5.82. The predicted octanol–water partition coefficient (Wildman–Crippen LogP) is 2.56. The summed E-state index contributed by atoms with van der Waals surface area (Å²) in [5.74, 6) is 0.374. The Morgan fingerprint density at radius 3 is 2.64 bits per heavy atom. The van der Waals surface area contributed by atoms with Gasteiger partial charge in [0.1, 0.15) is 0 Å². The number of carbonyl (C=O) groups is 1. The van der Waals surface area contributed by atoms with E-state index in [1.165, 1.54) is 6.20 Å². The number of amides is 1. The van der Waals surface area contributed by atoms with Gasteiger partial charge in [0.05, 0.1) is 28.6 Å². The Morgan fingerprint density at radius 2 is 2.00 bits per heavy atom. The van der Waals surface area contributed by atoms with Crippen molar-refractivity contribution in [2.45, 2.75) is 57.1 Å². The molecule has 4 rings (SSSR count). The number of carbonyl (C=O) groups excluding carboxylic acids is 1. The van der Waals surface area contributed by atoms with E-state index in [1.54, 1.807) is 4.52 Å². The van der Waals surface area contributed by atoms with Crippen LogP contribution in [0.15, 0.2) is 24.5 Å². The summed E-state index contributed by atoms with van der Waals surface area (Å²) in [5.41, 5.74) is 6.74. The van der Waals surface area contributed by atoms with E-state index < -0.39 is 11.5 Å². The molecule has 1 amide bonds. The molecule has 2 heterocycles. The van der Waals surface area contributed by atoms with Crippen LogP contribution in [0.2, 0.25) is 0 Å². The molecule has 0 spiro atoms. The van der Waals surface area contributed by atoms with Crippen molar-refractivity contribution in [3.63, 3.8) is 0 Å². The summed E-state index contributed by atoms with van der Waals surface area (Å²) in [5, 5.41) is 19.0. The molecule has 2 aliphatic rings. The lowest BCUT2D eigenvalue weighted by atomic mass is 9.59. The fourth-order valence-electron chi connectivity index (χ4n) is 5.58. The second-order valence-electron chi connectivity index (χ2n) is 8.47. The third kappa shape index (κ3) is 2.78. The van der Waals surface area contributed by atoms with Gasteiger partial charge in [0.15, 0.2) is 0 Å². The van der Waals surface area contributed by atoms with Crippen molar-refractivity contribution in [2.24, 2.45) is 17.6 Å². The lowest BCUT2D eigenvalue weighted by Crippen LogP contribution is -2.57. The van der Waals surface area contributed by atoms with Crippen LogP contribution >= 0.6 is 0 Å².